The van der Waals surface area contributed by atoms with Gasteiger partial charge in [0.2, 0.25) is 5.91 Å². The van der Waals surface area contributed by atoms with Crippen LogP contribution in [-0.2, 0) is 26.0 Å². The van der Waals surface area contributed by atoms with E-state index in [0.717, 1.165) is 28.9 Å². The molecule has 0 bridgehead atoms. The summed E-state index contributed by atoms with van der Waals surface area (Å²) in [5.41, 5.74) is 7.03. The number of morpholine rings is 1. The fourth-order valence-corrected chi connectivity index (χ4v) is 5.25. The van der Waals surface area contributed by atoms with Crippen LogP contribution in [0.1, 0.15) is 35.6 Å². The number of hydrogen-bond acceptors (Lipinski definition) is 6. The molecule has 2 atom stereocenters. The molecule has 2 aromatic carbocycles. The van der Waals surface area contributed by atoms with E-state index < -0.39 is 17.3 Å². The molecule has 7 nitrogen and oxygen atoms in total. The number of primary amides is 1. The Morgan fingerprint density at radius 2 is 1.69 bits per heavy atom. The topological polar surface area (TPSA) is 88.3 Å². The Morgan fingerprint density at radius 1 is 1.00 bits per heavy atom. The molecule has 3 N–H and O–H groups in total. The van der Waals surface area contributed by atoms with E-state index in [4.69, 9.17) is 15.2 Å². The SMILES string of the molecule is NC(=O)C1CCN(c2ccc(C(F)(F)F)cc2)C(c2cc(N3CCOCC3)cc(C3(O)COC3)c2)C1. The highest BCUT2D eigenvalue weighted by Crippen LogP contribution is 2.42. The molecule has 1 amide bonds. The standard InChI is InChI=1S/C26H30F3N3O4/c27-26(28,29)19-1-3-21(4-2-19)32-6-5-17(24(30)33)13-23(32)18-11-20(25(34)15-36-16-25)14-22(12-18)31-7-9-35-10-8-31/h1-4,11-12,14,17,23,34H,5-10,13,15-16H2,(H2,30,33). The van der Waals surface area contributed by atoms with Gasteiger partial charge < -0.3 is 30.1 Å². The highest BCUT2D eigenvalue weighted by Gasteiger charge is 2.40. The summed E-state index contributed by atoms with van der Waals surface area (Å²) in [6, 6.07) is 10.7. The molecule has 0 spiro atoms. The zero-order valence-electron chi connectivity index (χ0n) is 19.8. The van der Waals surface area contributed by atoms with Crippen LogP contribution in [0.5, 0.6) is 0 Å². The van der Waals surface area contributed by atoms with Crippen LogP contribution in [0.4, 0.5) is 24.5 Å². The Bertz CT molecular complexity index is 1100. The molecule has 3 heterocycles. The fourth-order valence-electron chi connectivity index (χ4n) is 5.25. The lowest BCUT2D eigenvalue weighted by Gasteiger charge is -2.42. The van der Waals surface area contributed by atoms with Gasteiger partial charge in [0.1, 0.15) is 5.60 Å². The summed E-state index contributed by atoms with van der Waals surface area (Å²) in [6.07, 6.45) is -3.48. The van der Waals surface area contributed by atoms with Gasteiger partial charge in [0.15, 0.2) is 0 Å². The fraction of sp³-hybridized carbons (Fsp3) is 0.500. The number of carbonyl (C=O) groups is 1. The third-order valence-corrected chi connectivity index (χ3v) is 7.45. The number of rotatable bonds is 5. The molecule has 3 fully saturated rings. The van der Waals surface area contributed by atoms with Crippen LogP contribution in [0.2, 0.25) is 0 Å². The van der Waals surface area contributed by atoms with Crippen molar-refractivity contribution in [3.8, 4) is 0 Å². The number of anilines is 2. The molecule has 0 saturated carbocycles. The second-order valence-electron chi connectivity index (χ2n) is 9.81. The quantitative estimate of drug-likeness (QED) is 0.649. The third kappa shape index (κ3) is 4.89. The normalized spacial score (nSPS) is 24.3. The van der Waals surface area contributed by atoms with Gasteiger partial charge in [-0.25, -0.2) is 0 Å². The zero-order valence-corrected chi connectivity index (χ0v) is 19.8. The van der Waals surface area contributed by atoms with E-state index >= 15 is 0 Å². The Morgan fingerprint density at radius 3 is 2.28 bits per heavy atom. The molecule has 2 unspecified atom stereocenters. The van der Waals surface area contributed by atoms with Crippen LogP contribution in [0, 0.1) is 5.92 Å². The van der Waals surface area contributed by atoms with Crippen LogP contribution in [0.3, 0.4) is 0 Å². The third-order valence-electron chi connectivity index (χ3n) is 7.45. The molecular weight excluding hydrogens is 475 g/mol. The summed E-state index contributed by atoms with van der Waals surface area (Å²) in [6.45, 7) is 3.44. The second kappa shape index (κ2) is 9.57. The molecule has 0 radical (unpaired) electrons. The zero-order chi connectivity index (χ0) is 25.5. The van der Waals surface area contributed by atoms with Gasteiger partial charge in [0, 0.05) is 36.9 Å². The summed E-state index contributed by atoms with van der Waals surface area (Å²) >= 11 is 0. The maximum Gasteiger partial charge on any atom is 0.416 e. The minimum absolute atomic E-state index is 0.191. The summed E-state index contributed by atoms with van der Waals surface area (Å²) in [5, 5.41) is 11.1. The summed E-state index contributed by atoms with van der Waals surface area (Å²) < 4.78 is 50.2. The van der Waals surface area contributed by atoms with Crippen molar-refractivity contribution in [3.05, 3.63) is 59.2 Å². The van der Waals surface area contributed by atoms with Crippen molar-refractivity contribution < 1.29 is 32.5 Å². The average Bonchev–Trinajstić information content (AvgIpc) is 2.86. The molecule has 0 aromatic heterocycles. The first-order chi connectivity index (χ1) is 17.1. The van der Waals surface area contributed by atoms with E-state index in [1.807, 2.05) is 23.1 Å². The van der Waals surface area contributed by atoms with Gasteiger partial charge in [-0.1, -0.05) is 6.07 Å². The predicted octanol–water partition coefficient (Wildman–Crippen LogP) is 3.20. The predicted molar refractivity (Wildman–Crippen MR) is 128 cm³/mol. The highest BCUT2D eigenvalue weighted by atomic mass is 19.4. The van der Waals surface area contributed by atoms with E-state index in [2.05, 4.69) is 4.90 Å². The van der Waals surface area contributed by atoms with Crippen molar-refractivity contribution in [2.24, 2.45) is 11.7 Å². The van der Waals surface area contributed by atoms with E-state index in [1.54, 1.807) is 0 Å². The number of nitrogens with zero attached hydrogens (tertiary/aromatic N) is 2. The number of alkyl halides is 3. The number of carbonyl (C=O) groups excluding carboxylic acids is 1. The van der Waals surface area contributed by atoms with Gasteiger partial charge >= 0.3 is 6.18 Å². The second-order valence-corrected chi connectivity index (χ2v) is 9.81. The van der Waals surface area contributed by atoms with Crippen molar-refractivity contribution in [2.45, 2.75) is 30.7 Å². The Kier molecular flexibility index (Phi) is 6.61. The highest BCUT2D eigenvalue weighted by molar-refractivity contribution is 5.77. The molecule has 5 rings (SSSR count). The first-order valence-electron chi connectivity index (χ1n) is 12.2. The van der Waals surface area contributed by atoms with Gasteiger partial charge in [0.05, 0.1) is 38.0 Å². The van der Waals surface area contributed by atoms with Crippen molar-refractivity contribution in [1.29, 1.82) is 0 Å². The molecule has 3 aliphatic heterocycles. The van der Waals surface area contributed by atoms with Crippen molar-refractivity contribution in [1.82, 2.24) is 0 Å². The average molecular weight is 506 g/mol. The van der Waals surface area contributed by atoms with Crippen molar-refractivity contribution in [2.75, 3.05) is 55.9 Å². The number of ether oxygens (including phenoxy) is 2. The van der Waals surface area contributed by atoms with Crippen LogP contribution in [-0.4, -0.2) is 57.1 Å². The molecule has 0 aliphatic carbocycles. The lowest BCUT2D eigenvalue weighted by atomic mass is 9.83. The molecule has 194 valence electrons. The van der Waals surface area contributed by atoms with Gasteiger partial charge in [-0.05, 0) is 60.4 Å². The molecule has 3 saturated heterocycles. The monoisotopic (exact) mass is 505 g/mol. The number of aliphatic hydroxyl groups is 1. The number of nitrogens with two attached hydrogens (primary N) is 1. The van der Waals surface area contributed by atoms with Gasteiger partial charge in [-0.2, -0.15) is 13.2 Å². The Labute approximate surface area is 207 Å². The maximum atomic E-state index is 13.1. The largest absolute Gasteiger partial charge is 0.416 e. The Balaban J connectivity index is 1.55. The van der Waals surface area contributed by atoms with E-state index in [1.165, 1.54) is 12.1 Å². The van der Waals surface area contributed by atoms with Crippen LogP contribution < -0.4 is 15.5 Å². The summed E-state index contributed by atoms with van der Waals surface area (Å²) in [4.78, 5) is 16.3. The van der Waals surface area contributed by atoms with E-state index in [0.29, 0.717) is 51.4 Å². The lowest BCUT2D eigenvalue weighted by Crippen LogP contribution is -2.47. The van der Waals surface area contributed by atoms with Gasteiger partial charge in [-0.15, -0.1) is 0 Å². The summed E-state index contributed by atoms with van der Waals surface area (Å²) in [5.74, 6) is -0.742. The first-order valence-corrected chi connectivity index (χ1v) is 12.2. The molecule has 3 aliphatic rings. The van der Waals surface area contributed by atoms with Crippen LogP contribution >= 0.6 is 0 Å². The van der Waals surface area contributed by atoms with Gasteiger partial charge in [0.25, 0.3) is 0 Å². The molecule has 2 aromatic rings. The van der Waals surface area contributed by atoms with Crippen molar-refractivity contribution >= 4 is 17.3 Å². The van der Waals surface area contributed by atoms with Crippen molar-refractivity contribution in [3.63, 3.8) is 0 Å². The van der Waals surface area contributed by atoms with E-state index in [-0.39, 0.29) is 31.1 Å². The lowest BCUT2D eigenvalue weighted by molar-refractivity contribution is -0.184. The Hall–Kier alpha value is -2.82. The maximum absolute atomic E-state index is 13.1. The first kappa shape index (κ1) is 24.9. The number of amides is 1. The minimum atomic E-state index is -4.42. The van der Waals surface area contributed by atoms with Crippen LogP contribution in [0.25, 0.3) is 0 Å². The smallest absolute Gasteiger partial charge is 0.380 e. The van der Waals surface area contributed by atoms with Crippen LogP contribution in [0.15, 0.2) is 42.5 Å². The van der Waals surface area contributed by atoms with E-state index in [9.17, 15) is 23.1 Å². The molecule has 36 heavy (non-hydrogen) atoms. The molecule has 10 heteroatoms. The van der Waals surface area contributed by atoms with Gasteiger partial charge in [-0.3, -0.25) is 4.79 Å². The minimum Gasteiger partial charge on any atom is -0.380 e. The number of benzene rings is 2. The summed E-state index contributed by atoms with van der Waals surface area (Å²) in [7, 11) is 0. The number of halogens is 3. The molecular formula is C26H30F3N3O4. The number of hydrogen-bond donors (Lipinski definition) is 2. The number of piperidine rings is 1.